The van der Waals surface area contributed by atoms with E-state index in [1.54, 1.807) is 42.5 Å². The summed E-state index contributed by atoms with van der Waals surface area (Å²) in [6, 6.07) is 13.3. The average molecular weight is 319 g/mol. The molecule has 2 aromatic rings. The summed E-state index contributed by atoms with van der Waals surface area (Å²) in [6.45, 7) is 3.20. The zero-order valence-electron chi connectivity index (χ0n) is 12.3. The number of sulfonamides is 1. The molecule has 22 heavy (non-hydrogen) atoms. The fourth-order valence-electron chi connectivity index (χ4n) is 2.07. The van der Waals surface area contributed by atoms with Gasteiger partial charge in [-0.05, 0) is 38.1 Å². The molecule has 0 fully saturated rings. The number of hydrogen-bond donors (Lipinski definition) is 1. The van der Waals surface area contributed by atoms with Crippen molar-refractivity contribution in [1.29, 1.82) is 0 Å². The second kappa shape index (κ2) is 6.19. The summed E-state index contributed by atoms with van der Waals surface area (Å²) in [4.78, 5) is 11.4. The third-order valence-corrected chi connectivity index (χ3v) is 5.21. The lowest BCUT2D eigenvalue weighted by Gasteiger charge is -2.28. The zero-order chi connectivity index (χ0) is 16.3. The third kappa shape index (κ3) is 3.12. The van der Waals surface area contributed by atoms with Gasteiger partial charge in [0, 0.05) is 0 Å². The fraction of sp³-hybridized carbons (Fsp3) is 0.188. The van der Waals surface area contributed by atoms with E-state index in [1.165, 1.54) is 19.1 Å². The second-order valence-corrected chi connectivity index (χ2v) is 6.78. The van der Waals surface area contributed by atoms with Gasteiger partial charge in [0.15, 0.2) is 0 Å². The third-order valence-electron chi connectivity index (χ3n) is 3.30. The van der Waals surface area contributed by atoms with E-state index in [2.05, 4.69) is 0 Å². The van der Waals surface area contributed by atoms with Crippen molar-refractivity contribution in [1.82, 2.24) is 0 Å². The van der Waals surface area contributed by atoms with Gasteiger partial charge >= 0.3 is 5.97 Å². The Labute approximate surface area is 129 Å². The van der Waals surface area contributed by atoms with Gasteiger partial charge in [-0.2, -0.15) is 0 Å². The van der Waals surface area contributed by atoms with E-state index in [4.69, 9.17) is 0 Å². The first-order valence-electron chi connectivity index (χ1n) is 6.73. The standard InChI is InChI=1S/C16H17NO4S/c1-12-8-10-15(11-9-12)22(20,21)17(13(2)16(18)19)14-6-4-3-5-7-14/h3-11,13H,1-2H3,(H,18,19)/t13-/m0/s1. The largest absolute Gasteiger partial charge is 0.480 e. The molecule has 0 bridgehead atoms. The van der Waals surface area contributed by atoms with Crippen molar-refractivity contribution in [2.45, 2.75) is 24.8 Å². The van der Waals surface area contributed by atoms with Gasteiger partial charge in [-0.1, -0.05) is 35.9 Å². The number of aryl methyl sites for hydroxylation is 1. The van der Waals surface area contributed by atoms with E-state index >= 15 is 0 Å². The summed E-state index contributed by atoms with van der Waals surface area (Å²) in [6.07, 6.45) is 0. The number of carboxylic acid groups (broad SMARTS) is 1. The van der Waals surface area contributed by atoms with Crippen molar-refractivity contribution in [3.8, 4) is 0 Å². The van der Waals surface area contributed by atoms with Crippen molar-refractivity contribution in [3.63, 3.8) is 0 Å². The summed E-state index contributed by atoms with van der Waals surface area (Å²) >= 11 is 0. The number of nitrogens with zero attached hydrogens (tertiary/aromatic N) is 1. The second-order valence-electron chi connectivity index (χ2n) is 4.96. The van der Waals surface area contributed by atoms with Crippen LogP contribution in [0.4, 0.5) is 5.69 Å². The molecule has 2 rings (SSSR count). The topological polar surface area (TPSA) is 74.7 Å². The number of benzene rings is 2. The predicted molar refractivity (Wildman–Crippen MR) is 84.4 cm³/mol. The van der Waals surface area contributed by atoms with Crippen molar-refractivity contribution in [2.75, 3.05) is 4.31 Å². The minimum atomic E-state index is -3.96. The Morgan fingerprint density at radius 2 is 1.59 bits per heavy atom. The molecule has 0 aliphatic heterocycles. The SMILES string of the molecule is Cc1ccc(S(=O)(=O)N(c2ccccc2)[C@@H](C)C(=O)O)cc1. The van der Waals surface area contributed by atoms with Crippen molar-refractivity contribution in [3.05, 3.63) is 60.2 Å². The molecule has 1 N–H and O–H groups in total. The van der Waals surface area contributed by atoms with Crippen LogP contribution in [0.5, 0.6) is 0 Å². The highest BCUT2D eigenvalue weighted by Crippen LogP contribution is 2.26. The van der Waals surface area contributed by atoms with Crippen molar-refractivity contribution >= 4 is 21.7 Å². The molecule has 0 aliphatic carbocycles. The molecule has 6 heteroatoms. The van der Waals surface area contributed by atoms with Gasteiger partial charge in [-0.15, -0.1) is 0 Å². The molecule has 5 nitrogen and oxygen atoms in total. The van der Waals surface area contributed by atoms with Crippen molar-refractivity contribution < 1.29 is 18.3 Å². The van der Waals surface area contributed by atoms with Crippen LogP contribution in [0, 0.1) is 6.92 Å². The molecule has 0 saturated carbocycles. The van der Waals surface area contributed by atoms with Gasteiger partial charge in [-0.25, -0.2) is 13.2 Å². The highest BCUT2D eigenvalue weighted by atomic mass is 32.2. The van der Waals surface area contributed by atoms with Crippen LogP contribution in [0.3, 0.4) is 0 Å². The number of anilines is 1. The normalized spacial score (nSPS) is 12.6. The number of rotatable bonds is 5. The van der Waals surface area contributed by atoms with E-state index in [9.17, 15) is 18.3 Å². The van der Waals surface area contributed by atoms with Crippen LogP contribution in [-0.2, 0) is 14.8 Å². The summed E-state index contributed by atoms with van der Waals surface area (Å²) < 4.78 is 26.6. The van der Waals surface area contributed by atoms with E-state index < -0.39 is 22.0 Å². The van der Waals surface area contributed by atoms with E-state index in [0.29, 0.717) is 5.69 Å². The van der Waals surface area contributed by atoms with Crippen LogP contribution in [0.15, 0.2) is 59.5 Å². The first-order chi connectivity index (χ1) is 10.3. The number of para-hydroxylation sites is 1. The highest BCUT2D eigenvalue weighted by molar-refractivity contribution is 7.92. The summed E-state index contributed by atoms with van der Waals surface area (Å²) in [5.41, 5.74) is 1.24. The van der Waals surface area contributed by atoms with Gasteiger partial charge in [0.2, 0.25) is 0 Å². The Hall–Kier alpha value is -2.34. The molecule has 0 spiro atoms. The Kier molecular flexibility index (Phi) is 4.51. The fourth-order valence-corrected chi connectivity index (χ4v) is 3.68. The molecule has 0 unspecified atom stereocenters. The average Bonchev–Trinajstić information content (AvgIpc) is 2.48. The molecule has 2 aromatic carbocycles. The van der Waals surface area contributed by atoms with E-state index in [1.807, 2.05) is 6.92 Å². The van der Waals surface area contributed by atoms with Crippen molar-refractivity contribution in [2.24, 2.45) is 0 Å². The van der Waals surface area contributed by atoms with Gasteiger partial charge in [0.05, 0.1) is 10.6 Å². The van der Waals surface area contributed by atoms with Gasteiger partial charge in [0.25, 0.3) is 10.0 Å². The lowest BCUT2D eigenvalue weighted by Crippen LogP contribution is -2.43. The maximum Gasteiger partial charge on any atom is 0.327 e. The number of carbonyl (C=O) groups is 1. The van der Waals surface area contributed by atoms with Crippen LogP contribution < -0.4 is 4.31 Å². The lowest BCUT2D eigenvalue weighted by atomic mass is 10.2. The van der Waals surface area contributed by atoms with E-state index in [0.717, 1.165) is 9.87 Å². The van der Waals surface area contributed by atoms with Crippen LogP contribution >= 0.6 is 0 Å². The van der Waals surface area contributed by atoms with Gasteiger partial charge in [-0.3, -0.25) is 4.31 Å². The first kappa shape index (κ1) is 16.0. The molecular weight excluding hydrogens is 302 g/mol. The van der Waals surface area contributed by atoms with Crippen LogP contribution in [0.1, 0.15) is 12.5 Å². The number of hydrogen-bond acceptors (Lipinski definition) is 3. The molecular formula is C16H17NO4S. The highest BCUT2D eigenvalue weighted by Gasteiger charge is 2.33. The quantitative estimate of drug-likeness (QED) is 0.919. The Morgan fingerprint density at radius 3 is 2.09 bits per heavy atom. The molecule has 0 heterocycles. The predicted octanol–water partition coefficient (Wildman–Crippen LogP) is 2.66. The minimum absolute atomic E-state index is 0.0649. The van der Waals surface area contributed by atoms with Crippen LogP contribution in [0.2, 0.25) is 0 Å². The summed E-state index contributed by atoms with van der Waals surface area (Å²) in [5.74, 6) is -1.21. The molecule has 116 valence electrons. The Bertz CT molecular complexity index is 754. The molecule has 0 saturated heterocycles. The molecule has 0 radical (unpaired) electrons. The monoisotopic (exact) mass is 319 g/mol. The van der Waals surface area contributed by atoms with Crippen LogP contribution in [0.25, 0.3) is 0 Å². The van der Waals surface area contributed by atoms with Crippen LogP contribution in [-0.4, -0.2) is 25.5 Å². The molecule has 1 atom stereocenters. The minimum Gasteiger partial charge on any atom is -0.480 e. The maximum absolute atomic E-state index is 12.9. The van der Waals surface area contributed by atoms with Gasteiger partial charge < -0.3 is 5.11 Å². The summed E-state index contributed by atoms with van der Waals surface area (Å²) in [5, 5.41) is 9.26. The maximum atomic E-state index is 12.9. The molecule has 0 aromatic heterocycles. The number of aliphatic carboxylic acids is 1. The van der Waals surface area contributed by atoms with E-state index in [-0.39, 0.29) is 4.90 Å². The number of carboxylic acids is 1. The Balaban J connectivity index is 2.58. The summed E-state index contributed by atoms with van der Waals surface area (Å²) in [7, 11) is -3.96. The smallest absolute Gasteiger partial charge is 0.327 e. The zero-order valence-corrected chi connectivity index (χ0v) is 13.1. The lowest BCUT2D eigenvalue weighted by molar-refractivity contribution is -0.137. The molecule has 0 amide bonds. The molecule has 0 aliphatic rings. The Morgan fingerprint density at radius 1 is 1.05 bits per heavy atom. The van der Waals surface area contributed by atoms with Gasteiger partial charge in [0.1, 0.15) is 6.04 Å². The first-order valence-corrected chi connectivity index (χ1v) is 8.17.